The van der Waals surface area contributed by atoms with Crippen molar-refractivity contribution < 1.29 is 0 Å². The van der Waals surface area contributed by atoms with Gasteiger partial charge in [-0.15, -0.1) is 0 Å². The molecule has 2 rings (SSSR count). The van der Waals surface area contributed by atoms with Crippen LogP contribution in [0.1, 0.15) is 31.2 Å². The highest BCUT2D eigenvalue weighted by Gasteiger charge is 2.21. The summed E-state index contributed by atoms with van der Waals surface area (Å²) >= 11 is 0. The van der Waals surface area contributed by atoms with E-state index in [1.54, 1.807) is 0 Å². The zero-order chi connectivity index (χ0) is 11.2. The van der Waals surface area contributed by atoms with Crippen LogP contribution in [0.4, 0.5) is 0 Å². The van der Waals surface area contributed by atoms with Crippen LogP contribution in [0.15, 0.2) is 43.1 Å². The highest BCUT2D eigenvalue weighted by atomic mass is 15.1. The minimum Gasteiger partial charge on any atom is -0.375 e. The maximum atomic E-state index is 3.92. The van der Waals surface area contributed by atoms with E-state index < -0.39 is 0 Å². The molecule has 0 saturated heterocycles. The smallest absolute Gasteiger partial charge is 0.0284 e. The van der Waals surface area contributed by atoms with Crippen LogP contribution in [0, 0.1) is 0 Å². The molecule has 1 aromatic rings. The van der Waals surface area contributed by atoms with Crippen LogP contribution >= 0.6 is 0 Å². The van der Waals surface area contributed by atoms with Crippen LogP contribution in [0.5, 0.6) is 0 Å². The van der Waals surface area contributed by atoms with E-state index in [2.05, 4.69) is 41.8 Å². The molecule has 1 saturated carbocycles. The van der Waals surface area contributed by atoms with Gasteiger partial charge in [0.1, 0.15) is 0 Å². The number of hydrogen-bond donors (Lipinski definition) is 0. The van der Waals surface area contributed by atoms with Crippen molar-refractivity contribution in [1.82, 2.24) is 4.90 Å². The van der Waals surface area contributed by atoms with E-state index in [0.29, 0.717) is 0 Å². The van der Waals surface area contributed by atoms with Gasteiger partial charge >= 0.3 is 0 Å². The third-order valence-corrected chi connectivity index (χ3v) is 3.50. The van der Waals surface area contributed by atoms with Gasteiger partial charge in [-0.1, -0.05) is 36.9 Å². The molecule has 0 heterocycles. The summed E-state index contributed by atoms with van der Waals surface area (Å²) in [6.07, 6.45) is 8.54. The van der Waals surface area contributed by atoms with Crippen LogP contribution in [-0.2, 0) is 6.42 Å². The average Bonchev–Trinajstić information content (AvgIpc) is 2.26. The topological polar surface area (TPSA) is 3.24 Å². The first-order chi connectivity index (χ1) is 7.90. The van der Waals surface area contributed by atoms with Gasteiger partial charge in [-0.25, -0.2) is 0 Å². The standard InChI is InChI=1S/C15H21N/c1-2-16(15-11-6-12-15)13-7-10-14-8-4-3-5-9-14/h2-5,8-9,15H,1,6-7,10-13H2. The Bertz CT molecular complexity index is 313. The summed E-state index contributed by atoms with van der Waals surface area (Å²) in [5, 5.41) is 0. The fourth-order valence-electron chi connectivity index (χ4n) is 2.25. The molecule has 0 aromatic heterocycles. The summed E-state index contributed by atoms with van der Waals surface area (Å²) in [6.45, 7) is 5.07. The summed E-state index contributed by atoms with van der Waals surface area (Å²) in [7, 11) is 0. The normalized spacial score (nSPS) is 15.5. The predicted molar refractivity (Wildman–Crippen MR) is 69.3 cm³/mol. The van der Waals surface area contributed by atoms with Gasteiger partial charge in [-0.05, 0) is 43.9 Å². The van der Waals surface area contributed by atoms with E-state index in [-0.39, 0.29) is 0 Å². The number of hydrogen-bond acceptors (Lipinski definition) is 1. The Morgan fingerprint density at radius 3 is 2.56 bits per heavy atom. The number of rotatable bonds is 6. The molecule has 0 unspecified atom stereocenters. The van der Waals surface area contributed by atoms with Crippen molar-refractivity contribution in [3.8, 4) is 0 Å². The van der Waals surface area contributed by atoms with Crippen molar-refractivity contribution in [2.24, 2.45) is 0 Å². The lowest BCUT2D eigenvalue weighted by Crippen LogP contribution is -2.36. The van der Waals surface area contributed by atoms with E-state index in [1.165, 1.54) is 37.7 Å². The zero-order valence-electron chi connectivity index (χ0n) is 9.94. The zero-order valence-corrected chi connectivity index (χ0v) is 9.94. The lowest BCUT2D eigenvalue weighted by molar-refractivity contribution is 0.183. The maximum absolute atomic E-state index is 3.92. The van der Waals surface area contributed by atoms with E-state index in [4.69, 9.17) is 0 Å². The second-order valence-electron chi connectivity index (χ2n) is 4.59. The fourth-order valence-corrected chi connectivity index (χ4v) is 2.25. The molecule has 0 bridgehead atoms. The van der Waals surface area contributed by atoms with Gasteiger partial charge in [0.2, 0.25) is 0 Å². The maximum Gasteiger partial charge on any atom is 0.0284 e. The molecule has 0 atom stereocenters. The van der Waals surface area contributed by atoms with E-state index in [0.717, 1.165) is 12.6 Å². The molecule has 86 valence electrons. The Balaban J connectivity index is 1.72. The van der Waals surface area contributed by atoms with Crippen molar-refractivity contribution in [3.63, 3.8) is 0 Å². The Morgan fingerprint density at radius 1 is 1.25 bits per heavy atom. The molecule has 0 spiro atoms. The van der Waals surface area contributed by atoms with E-state index in [1.807, 2.05) is 6.20 Å². The first kappa shape index (κ1) is 11.3. The molecule has 1 aliphatic carbocycles. The molecule has 1 aliphatic rings. The van der Waals surface area contributed by atoms with Gasteiger partial charge in [0.25, 0.3) is 0 Å². The monoisotopic (exact) mass is 215 g/mol. The third-order valence-electron chi connectivity index (χ3n) is 3.50. The number of aryl methyl sites for hydroxylation is 1. The van der Waals surface area contributed by atoms with Gasteiger partial charge < -0.3 is 4.90 Å². The van der Waals surface area contributed by atoms with E-state index in [9.17, 15) is 0 Å². The van der Waals surface area contributed by atoms with Gasteiger partial charge in [0, 0.05) is 12.6 Å². The summed E-state index contributed by atoms with van der Waals surface area (Å²) in [5.41, 5.74) is 1.44. The molecule has 0 N–H and O–H groups in total. The Kier molecular flexibility index (Phi) is 4.03. The lowest BCUT2D eigenvalue weighted by atomic mass is 9.91. The Labute approximate surface area is 98.8 Å². The molecule has 0 aliphatic heterocycles. The Hall–Kier alpha value is -1.24. The highest BCUT2D eigenvalue weighted by Crippen LogP contribution is 2.25. The summed E-state index contributed by atoms with van der Waals surface area (Å²) < 4.78 is 0. The average molecular weight is 215 g/mol. The molecule has 16 heavy (non-hydrogen) atoms. The summed E-state index contributed by atoms with van der Waals surface area (Å²) in [5.74, 6) is 0. The van der Waals surface area contributed by atoms with Crippen molar-refractivity contribution in [2.45, 2.75) is 38.1 Å². The van der Waals surface area contributed by atoms with Gasteiger partial charge in [0.05, 0.1) is 0 Å². The molecular formula is C15H21N. The first-order valence-corrected chi connectivity index (χ1v) is 6.32. The molecule has 1 fully saturated rings. The van der Waals surface area contributed by atoms with E-state index >= 15 is 0 Å². The molecule has 0 amide bonds. The summed E-state index contributed by atoms with van der Waals surface area (Å²) in [4.78, 5) is 2.42. The minimum atomic E-state index is 0.785. The van der Waals surface area contributed by atoms with Gasteiger partial charge in [-0.3, -0.25) is 0 Å². The largest absolute Gasteiger partial charge is 0.375 e. The highest BCUT2D eigenvalue weighted by molar-refractivity contribution is 5.14. The van der Waals surface area contributed by atoms with Crippen LogP contribution < -0.4 is 0 Å². The van der Waals surface area contributed by atoms with Crippen molar-refractivity contribution >= 4 is 0 Å². The second-order valence-corrected chi connectivity index (χ2v) is 4.59. The van der Waals surface area contributed by atoms with Crippen LogP contribution in [0.2, 0.25) is 0 Å². The van der Waals surface area contributed by atoms with Crippen molar-refractivity contribution in [2.75, 3.05) is 6.54 Å². The second kappa shape index (κ2) is 5.74. The van der Waals surface area contributed by atoms with Crippen LogP contribution in [0.3, 0.4) is 0 Å². The fraction of sp³-hybridized carbons (Fsp3) is 0.467. The van der Waals surface area contributed by atoms with Crippen molar-refractivity contribution in [3.05, 3.63) is 48.7 Å². The van der Waals surface area contributed by atoms with Crippen LogP contribution in [0.25, 0.3) is 0 Å². The summed E-state index contributed by atoms with van der Waals surface area (Å²) in [6, 6.07) is 11.5. The minimum absolute atomic E-state index is 0.785. The van der Waals surface area contributed by atoms with Gasteiger partial charge in [-0.2, -0.15) is 0 Å². The molecule has 0 radical (unpaired) electrons. The Morgan fingerprint density at radius 2 is 2.00 bits per heavy atom. The quantitative estimate of drug-likeness (QED) is 0.700. The SMILES string of the molecule is C=CN(CCCc1ccccc1)C1CCC1. The number of nitrogens with zero attached hydrogens (tertiary/aromatic N) is 1. The third kappa shape index (κ3) is 2.88. The molecule has 1 aromatic carbocycles. The molecule has 1 heteroatoms. The van der Waals surface area contributed by atoms with Crippen molar-refractivity contribution in [1.29, 1.82) is 0 Å². The molecule has 1 nitrogen and oxygen atoms in total. The van der Waals surface area contributed by atoms with Gasteiger partial charge in [0.15, 0.2) is 0 Å². The number of benzene rings is 1. The predicted octanol–water partition coefficient (Wildman–Crippen LogP) is 3.62. The lowest BCUT2D eigenvalue weighted by Gasteiger charge is -2.36. The first-order valence-electron chi connectivity index (χ1n) is 6.32. The molecular weight excluding hydrogens is 194 g/mol. The van der Waals surface area contributed by atoms with Crippen LogP contribution in [-0.4, -0.2) is 17.5 Å².